The summed E-state index contributed by atoms with van der Waals surface area (Å²) < 4.78 is 27.6. The monoisotopic (exact) mass is 308 g/mol. The van der Waals surface area contributed by atoms with Crippen molar-refractivity contribution in [2.24, 2.45) is 0 Å². The van der Waals surface area contributed by atoms with Crippen molar-refractivity contribution in [3.05, 3.63) is 35.9 Å². The van der Waals surface area contributed by atoms with Crippen LogP contribution in [0.3, 0.4) is 0 Å². The van der Waals surface area contributed by atoms with Crippen LogP contribution in [0.25, 0.3) is 0 Å². The van der Waals surface area contributed by atoms with Crippen LogP contribution >= 0.6 is 0 Å². The van der Waals surface area contributed by atoms with E-state index in [4.69, 9.17) is 0 Å². The Hall–Kier alpha value is -1.00. The maximum Gasteiger partial charge on any atom is 0.262 e. The molecule has 0 spiro atoms. The first-order chi connectivity index (χ1) is 10.3. The fourth-order valence-electron chi connectivity index (χ4n) is 4.27. The average molecular weight is 308 g/mol. The Morgan fingerprint density at radius 2 is 1.86 bits per heavy atom. The van der Waals surface area contributed by atoms with E-state index in [1.54, 1.807) is 0 Å². The van der Waals surface area contributed by atoms with Crippen LogP contribution in [0.5, 0.6) is 0 Å². The lowest BCUT2D eigenvalue weighted by molar-refractivity contribution is -0.00976. The van der Waals surface area contributed by atoms with Crippen LogP contribution < -0.4 is 5.32 Å². The zero-order chi connectivity index (χ0) is 16.0. The van der Waals surface area contributed by atoms with Gasteiger partial charge in [0.25, 0.3) is 5.92 Å². The minimum Gasteiger partial charge on any atom is -0.307 e. The molecule has 2 saturated heterocycles. The van der Waals surface area contributed by atoms with E-state index in [2.05, 4.69) is 38.2 Å². The number of alkyl halides is 2. The van der Waals surface area contributed by atoms with Crippen molar-refractivity contribution in [1.29, 1.82) is 0 Å². The number of nitrogens with one attached hydrogen (secondary N) is 1. The number of fused-ring (bicyclic) bond motifs is 1. The molecule has 2 aliphatic heterocycles. The molecule has 122 valence electrons. The zero-order valence-electron chi connectivity index (χ0n) is 13.7. The Bertz CT molecular complexity index is 515. The third kappa shape index (κ3) is 3.18. The van der Waals surface area contributed by atoms with E-state index in [1.807, 2.05) is 23.1 Å². The van der Waals surface area contributed by atoms with Gasteiger partial charge in [-0.15, -0.1) is 0 Å². The Kier molecular flexibility index (Phi) is 4.02. The molecule has 3 rings (SSSR count). The van der Waals surface area contributed by atoms with E-state index < -0.39 is 5.92 Å². The largest absolute Gasteiger partial charge is 0.307 e. The van der Waals surface area contributed by atoms with Crippen LogP contribution in [0.2, 0.25) is 0 Å². The van der Waals surface area contributed by atoms with Crippen LogP contribution in [0.15, 0.2) is 30.3 Å². The maximum atomic E-state index is 13.8. The lowest BCUT2D eigenvalue weighted by Crippen LogP contribution is -2.57. The number of piperidine rings is 1. The number of nitrogens with zero attached hydrogens (tertiary/aromatic N) is 1. The quantitative estimate of drug-likeness (QED) is 0.908. The number of hydrogen-bond donors (Lipinski definition) is 1. The molecule has 2 heterocycles. The molecule has 1 N–H and O–H groups in total. The molecule has 0 aromatic heterocycles. The molecule has 0 saturated carbocycles. The van der Waals surface area contributed by atoms with Gasteiger partial charge >= 0.3 is 0 Å². The molecular formula is C18H26F2N2. The molecule has 22 heavy (non-hydrogen) atoms. The topological polar surface area (TPSA) is 15.3 Å². The van der Waals surface area contributed by atoms with Crippen LogP contribution in [0.4, 0.5) is 8.78 Å². The van der Waals surface area contributed by atoms with Crippen LogP contribution in [-0.2, 0) is 0 Å². The minimum atomic E-state index is -2.53. The highest BCUT2D eigenvalue weighted by molar-refractivity contribution is 5.18. The van der Waals surface area contributed by atoms with Crippen molar-refractivity contribution in [2.75, 3.05) is 6.54 Å². The predicted octanol–water partition coefficient (Wildman–Crippen LogP) is 3.99. The highest BCUT2D eigenvalue weighted by Crippen LogP contribution is 2.43. The summed E-state index contributed by atoms with van der Waals surface area (Å²) in [5.74, 6) is -2.53. The fourth-order valence-corrected chi connectivity index (χ4v) is 4.27. The van der Waals surface area contributed by atoms with Crippen LogP contribution in [0, 0.1) is 0 Å². The molecule has 3 atom stereocenters. The lowest BCUT2D eigenvalue weighted by atomic mass is 9.83. The molecule has 2 aliphatic rings. The van der Waals surface area contributed by atoms with E-state index in [9.17, 15) is 8.78 Å². The van der Waals surface area contributed by atoms with Gasteiger partial charge in [0, 0.05) is 30.1 Å². The second-order valence-electron chi connectivity index (χ2n) is 7.59. The average Bonchev–Trinajstić information content (AvgIpc) is 2.74. The molecule has 4 heteroatoms. The van der Waals surface area contributed by atoms with Crippen molar-refractivity contribution < 1.29 is 8.78 Å². The number of halogens is 2. The summed E-state index contributed by atoms with van der Waals surface area (Å²) >= 11 is 0. The van der Waals surface area contributed by atoms with Gasteiger partial charge in [0.1, 0.15) is 0 Å². The summed E-state index contributed by atoms with van der Waals surface area (Å²) in [5.41, 5.74) is 1.08. The SMILES string of the molecule is CC(NC1CC2CC(F)(F)CN2C(C)(C)C1)c1ccccc1. The predicted molar refractivity (Wildman–Crippen MR) is 85.2 cm³/mol. The van der Waals surface area contributed by atoms with Crippen molar-refractivity contribution in [3.63, 3.8) is 0 Å². The Labute approximate surface area is 131 Å². The summed E-state index contributed by atoms with van der Waals surface area (Å²) in [6.45, 7) is 6.27. The molecular weight excluding hydrogens is 282 g/mol. The van der Waals surface area contributed by atoms with Gasteiger partial charge in [0.15, 0.2) is 0 Å². The van der Waals surface area contributed by atoms with Gasteiger partial charge in [-0.2, -0.15) is 0 Å². The normalized spacial score (nSPS) is 31.7. The molecule has 0 radical (unpaired) electrons. The van der Waals surface area contributed by atoms with E-state index in [0.717, 1.165) is 12.8 Å². The van der Waals surface area contributed by atoms with Gasteiger partial charge in [0.2, 0.25) is 0 Å². The fraction of sp³-hybridized carbons (Fsp3) is 0.667. The van der Waals surface area contributed by atoms with E-state index in [0.29, 0.717) is 6.04 Å². The van der Waals surface area contributed by atoms with Gasteiger partial charge in [-0.05, 0) is 39.2 Å². The van der Waals surface area contributed by atoms with Gasteiger partial charge in [0.05, 0.1) is 6.54 Å². The second kappa shape index (κ2) is 5.57. The lowest BCUT2D eigenvalue weighted by Gasteiger charge is -2.48. The second-order valence-corrected chi connectivity index (χ2v) is 7.59. The molecule has 0 bridgehead atoms. The summed E-state index contributed by atoms with van der Waals surface area (Å²) in [7, 11) is 0. The number of benzene rings is 1. The molecule has 1 aromatic carbocycles. The van der Waals surface area contributed by atoms with Gasteiger partial charge in [-0.25, -0.2) is 8.78 Å². The first-order valence-corrected chi connectivity index (χ1v) is 8.22. The Morgan fingerprint density at radius 3 is 2.55 bits per heavy atom. The first-order valence-electron chi connectivity index (χ1n) is 8.22. The van der Waals surface area contributed by atoms with Crippen molar-refractivity contribution in [1.82, 2.24) is 10.2 Å². The Morgan fingerprint density at radius 1 is 1.18 bits per heavy atom. The Balaban J connectivity index is 1.69. The van der Waals surface area contributed by atoms with Crippen molar-refractivity contribution in [2.45, 2.75) is 69.6 Å². The summed E-state index contributed by atoms with van der Waals surface area (Å²) in [5, 5.41) is 3.66. The summed E-state index contributed by atoms with van der Waals surface area (Å²) in [6.07, 6.45) is 1.74. The highest BCUT2D eigenvalue weighted by atomic mass is 19.3. The van der Waals surface area contributed by atoms with Crippen LogP contribution in [0.1, 0.15) is 51.6 Å². The molecule has 3 unspecified atom stereocenters. The third-order valence-electron chi connectivity index (χ3n) is 5.24. The summed E-state index contributed by atoms with van der Waals surface area (Å²) in [4.78, 5) is 2.03. The van der Waals surface area contributed by atoms with Crippen LogP contribution in [-0.4, -0.2) is 35.0 Å². The van der Waals surface area contributed by atoms with Gasteiger partial charge in [-0.3, -0.25) is 4.90 Å². The zero-order valence-corrected chi connectivity index (χ0v) is 13.7. The van der Waals surface area contributed by atoms with Gasteiger partial charge < -0.3 is 5.32 Å². The summed E-state index contributed by atoms with van der Waals surface area (Å²) in [6, 6.07) is 10.9. The van der Waals surface area contributed by atoms with E-state index in [-0.39, 0.29) is 30.6 Å². The van der Waals surface area contributed by atoms with Crippen molar-refractivity contribution >= 4 is 0 Å². The molecule has 2 fully saturated rings. The van der Waals surface area contributed by atoms with E-state index >= 15 is 0 Å². The molecule has 1 aromatic rings. The highest BCUT2D eigenvalue weighted by Gasteiger charge is 2.53. The van der Waals surface area contributed by atoms with Crippen molar-refractivity contribution in [3.8, 4) is 0 Å². The number of rotatable bonds is 3. The molecule has 0 amide bonds. The standard InChI is InChI=1S/C18H26F2N2/c1-13(14-7-5-4-6-8-14)21-15-9-16-11-18(19,20)12-22(16)17(2,3)10-15/h4-8,13,15-16,21H,9-12H2,1-3H3. The minimum absolute atomic E-state index is 0.000719. The molecule has 2 nitrogen and oxygen atoms in total. The molecule has 0 aliphatic carbocycles. The third-order valence-corrected chi connectivity index (χ3v) is 5.24. The smallest absolute Gasteiger partial charge is 0.262 e. The number of hydrogen-bond acceptors (Lipinski definition) is 2. The van der Waals surface area contributed by atoms with E-state index in [1.165, 1.54) is 5.56 Å². The van der Waals surface area contributed by atoms with Gasteiger partial charge in [-0.1, -0.05) is 30.3 Å². The maximum absolute atomic E-state index is 13.8. The first kappa shape index (κ1) is 15.9.